The Kier molecular flexibility index (Phi) is 5.44. The summed E-state index contributed by atoms with van der Waals surface area (Å²) in [5.74, 6) is 2.78. The van der Waals surface area contributed by atoms with Gasteiger partial charge in [-0.2, -0.15) is 0 Å². The Bertz CT molecular complexity index is 1080. The van der Waals surface area contributed by atoms with E-state index in [0.717, 1.165) is 24.6 Å². The van der Waals surface area contributed by atoms with Crippen LogP contribution >= 0.6 is 0 Å². The monoisotopic (exact) mass is 468 g/mol. The van der Waals surface area contributed by atoms with Gasteiger partial charge >= 0.3 is 0 Å². The summed E-state index contributed by atoms with van der Waals surface area (Å²) in [6.45, 7) is 1.39. The topological polar surface area (TPSA) is 43.2 Å². The summed E-state index contributed by atoms with van der Waals surface area (Å²) < 4.78 is 12.9. The highest BCUT2D eigenvalue weighted by molar-refractivity contribution is 6.06. The van der Waals surface area contributed by atoms with Crippen LogP contribution in [0.1, 0.15) is 85.5 Å². The third kappa shape index (κ3) is 3.63. The number of aliphatic imine (C=N–C) groups is 2. The molecule has 2 unspecified atom stereocenters. The molecule has 4 nitrogen and oxygen atoms in total. The second-order valence-corrected chi connectivity index (χ2v) is 11.3. The highest BCUT2D eigenvalue weighted by atomic mass is 16.5. The zero-order valence-corrected chi connectivity index (χ0v) is 20.6. The normalized spacial score (nSPS) is 31.1. The molecule has 182 valence electrons. The lowest BCUT2D eigenvalue weighted by atomic mass is 9.79. The van der Waals surface area contributed by atoms with Crippen LogP contribution in [0.2, 0.25) is 0 Å². The molecule has 0 bridgehead atoms. The highest BCUT2D eigenvalue weighted by Crippen LogP contribution is 2.47. The molecule has 0 amide bonds. The van der Waals surface area contributed by atoms with E-state index in [1.54, 1.807) is 0 Å². The Morgan fingerprint density at radius 3 is 1.63 bits per heavy atom. The molecule has 2 heterocycles. The number of benzene rings is 2. The third-order valence-corrected chi connectivity index (χ3v) is 9.38. The maximum atomic E-state index is 6.46. The van der Waals surface area contributed by atoms with Gasteiger partial charge in [0.25, 0.3) is 0 Å². The quantitative estimate of drug-likeness (QED) is 0.522. The van der Waals surface area contributed by atoms with Gasteiger partial charge in [-0.3, -0.25) is 0 Å². The minimum absolute atomic E-state index is 0.215. The largest absolute Gasteiger partial charge is 0.478 e. The number of aryl methyl sites for hydroxylation is 2. The summed E-state index contributed by atoms with van der Waals surface area (Å²) >= 11 is 0. The first-order chi connectivity index (χ1) is 17.3. The van der Waals surface area contributed by atoms with Gasteiger partial charge in [-0.25, -0.2) is 9.98 Å². The van der Waals surface area contributed by atoms with E-state index in [-0.39, 0.29) is 17.5 Å². The zero-order chi connectivity index (χ0) is 23.2. The van der Waals surface area contributed by atoms with E-state index in [1.165, 1.54) is 73.6 Å². The standard InChI is InChI=1S/C31H36N2O2/c1-3-13-23-21(9-1)11-7-15-25(23)27-19-34-29(32-27)31(17-5-6-18-31)30-33-28(20-35-30)26-16-8-12-22-10-2-4-14-24(22)26/h1-4,9-10,13-14,25-28H,5-8,11-12,15-20H2/t25?,26?,27-,28-/m1/s1. The Morgan fingerprint density at radius 2 is 1.11 bits per heavy atom. The fourth-order valence-electron chi connectivity index (χ4n) is 7.59. The summed E-state index contributed by atoms with van der Waals surface area (Å²) in [6.07, 6.45) is 11.8. The van der Waals surface area contributed by atoms with E-state index >= 15 is 0 Å². The van der Waals surface area contributed by atoms with Crippen LogP contribution < -0.4 is 0 Å². The predicted octanol–water partition coefficient (Wildman–Crippen LogP) is 6.38. The molecule has 0 spiro atoms. The summed E-state index contributed by atoms with van der Waals surface area (Å²) in [4.78, 5) is 10.6. The molecule has 5 aliphatic rings. The molecular formula is C31H36N2O2. The first-order valence-electron chi connectivity index (χ1n) is 13.9. The van der Waals surface area contributed by atoms with Gasteiger partial charge in [0.2, 0.25) is 0 Å². The molecule has 35 heavy (non-hydrogen) atoms. The minimum atomic E-state index is -0.244. The highest BCUT2D eigenvalue weighted by Gasteiger charge is 2.51. The molecule has 0 saturated heterocycles. The molecular weight excluding hydrogens is 432 g/mol. The second-order valence-electron chi connectivity index (χ2n) is 11.3. The van der Waals surface area contributed by atoms with Crippen LogP contribution in [-0.2, 0) is 22.3 Å². The van der Waals surface area contributed by atoms with Crippen molar-refractivity contribution in [2.45, 2.75) is 88.1 Å². The van der Waals surface area contributed by atoms with Crippen molar-refractivity contribution < 1.29 is 9.47 Å². The summed E-state index contributed by atoms with van der Waals surface area (Å²) in [5, 5.41) is 0. The average molecular weight is 469 g/mol. The molecule has 1 fully saturated rings. The number of ether oxygens (including phenoxy) is 2. The van der Waals surface area contributed by atoms with Crippen molar-refractivity contribution in [3.63, 3.8) is 0 Å². The first-order valence-corrected chi connectivity index (χ1v) is 13.9. The zero-order valence-electron chi connectivity index (χ0n) is 20.6. The summed E-state index contributed by atoms with van der Waals surface area (Å²) in [7, 11) is 0. The third-order valence-electron chi connectivity index (χ3n) is 9.38. The van der Waals surface area contributed by atoms with Crippen molar-refractivity contribution in [2.75, 3.05) is 13.2 Å². The van der Waals surface area contributed by atoms with Gasteiger partial charge in [0.05, 0.1) is 12.1 Å². The molecule has 0 radical (unpaired) electrons. The van der Waals surface area contributed by atoms with Gasteiger partial charge in [0.15, 0.2) is 11.8 Å². The van der Waals surface area contributed by atoms with Crippen LogP contribution in [0.25, 0.3) is 0 Å². The van der Waals surface area contributed by atoms with Gasteiger partial charge in [-0.1, -0.05) is 61.4 Å². The lowest BCUT2D eigenvalue weighted by Crippen LogP contribution is -2.37. The smallest absolute Gasteiger partial charge is 0.199 e. The van der Waals surface area contributed by atoms with Crippen LogP contribution in [0.15, 0.2) is 58.5 Å². The lowest BCUT2D eigenvalue weighted by molar-refractivity contribution is 0.241. The number of fused-ring (bicyclic) bond motifs is 2. The van der Waals surface area contributed by atoms with Gasteiger partial charge < -0.3 is 9.47 Å². The molecule has 1 saturated carbocycles. The van der Waals surface area contributed by atoms with E-state index in [1.807, 2.05) is 0 Å². The van der Waals surface area contributed by atoms with Crippen LogP contribution in [0.5, 0.6) is 0 Å². The lowest BCUT2D eigenvalue weighted by Gasteiger charge is -2.28. The van der Waals surface area contributed by atoms with Crippen molar-refractivity contribution >= 4 is 11.8 Å². The maximum absolute atomic E-state index is 6.46. The van der Waals surface area contributed by atoms with Crippen molar-refractivity contribution in [2.24, 2.45) is 15.4 Å². The second kappa shape index (κ2) is 8.80. The number of hydrogen-bond acceptors (Lipinski definition) is 4. The van der Waals surface area contributed by atoms with Gasteiger partial charge in [0.1, 0.15) is 18.6 Å². The van der Waals surface area contributed by atoms with Gasteiger partial charge in [-0.05, 0) is 73.6 Å². The van der Waals surface area contributed by atoms with E-state index < -0.39 is 0 Å². The summed E-state index contributed by atoms with van der Waals surface area (Å²) in [5.41, 5.74) is 5.74. The average Bonchev–Trinajstić information content (AvgIpc) is 3.69. The molecule has 2 aromatic carbocycles. The molecule has 0 aromatic heterocycles. The van der Waals surface area contributed by atoms with Crippen LogP contribution in [0, 0.1) is 5.41 Å². The van der Waals surface area contributed by atoms with E-state index in [0.29, 0.717) is 25.0 Å². The van der Waals surface area contributed by atoms with Crippen molar-refractivity contribution in [1.82, 2.24) is 0 Å². The Balaban J connectivity index is 1.18. The molecule has 4 atom stereocenters. The minimum Gasteiger partial charge on any atom is -0.478 e. The number of hydrogen-bond donors (Lipinski definition) is 0. The fourth-order valence-corrected chi connectivity index (χ4v) is 7.59. The van der Waals surface area contributed by atoms with Gasteiger partial charge in [0, 0.05) is 11.8 Å². The number of rotatable bonds is 4. The van der Waals surface area contributed by atoms with Crippen LogP contribution in [0.4, 0.5) is 0 Å². The van der Waals surface area contributed by atoms with Crippen LogP contribution in [-0.4, -0.2) is 37.1 Å². The Morgan fingerprint density at radius 1 is 0.629 bits per heavy atom. The fraction of sp³-hybridized carbons (Fsp3) is 0.548. The SMILES string of the molecule is c1ccc2c(c1)CCCC2[C@H]1COC(C2(C3=N[C@@H](C4CCCc5ccccc54)CO3)CCCC2)=N1. The molecule has 2 aliphatic heterocycles. The molecule has 7 rings (SSSR count). The van der Waals surface area contributed by atoms with Crippen molar-refractivity contribution in [1.29, 1.82) is 0 Å². The van der Waals surface area contributed by atoms with E-state index in [9.17, 15) is 0 Å². The molecule has 2 aromatic rings. The maximum Gasteiger partial charge on any atom is 0.199 e. The van der Waals surface area contributed by atoms with Crippen molar-refractivity contribution in [3.8, 4) is 0 Å². The van der Waals surface area contributed by atoms with Gasteiger partial charge in [-0.15, -0.1) is 0 Å². The first kappa shape index (κ1) is 21.6. The van der Waals surface area contributed by atoms with E-state index in [4.69, 9.17) is 19.5 Å². The Labute approximate surface area is 208 Å². The van der Waals surface area contributed by atoms with Crippen molar-refractivity contribution in [3.05, 3.63) is 70.8 Å². The number of nitrogens with zero attached hydrogens (tertiary/aromatic N) is 2. The molecule has 0 N–H and O–H groups in total. The molecule has 4 heteroatoms. The summed E-state index contributed by atoms with van der Waals surface area (Å²) in [6, 6.07) is 18.4. The van der Waals surface area contributed by atoms with E-state index in [2.05, 4.69) is 48.5 Å². The van der Waals surface area contributed by atoms with Crippen LogP contribution in [0.3, 0.4) is 0 Å². The molecule has 3 aliphatic carbocycles. The Hall–Kier alpha value is -2.62. The predicted molar refractivity (Wildman–Crippen MR) is 139 cm³/mol.